The smallest absolute Gasteiger partial charge is 0.319 e. The normalized spacial score (nSPS) is 10.4. The molecule has 0 fully saturated rings. The van der Waals surface area contributed by atoms with Gasteiger partial charge in [-0.3, -0.25) is 0 Å². The van der Waals surface area contributed by atoms with E-state index in [1.54, 1.807) is 24.3 Å². The van der Waals surface area contributed by atoms with Crippen LogP contribution in [0.2, 0.25) is 5.02 Å². The summed E-state index contributed by atoms with van der Waals surface area (Å²) in [6.07, 6.45) is 0. The predicted octanol–water partition coefficient (Wildman–Crippen LogP) is 4.61. The third-order valence-corrected chi connectivity index (χ3v) is 4.55. The molecule has 0 saturated carbocycles. The fraction of sp³-hybridized carbons (Fsp3) is 0.190. The Labute approximate surface area is 168 Å². The highest BCUT2D eigenvalue weighted by Gasteiger charge is 2.06. The lowest BCUT2D eigenvalue weighted by atomic mass is 10.1. The number of nitrogens with zero attached hydrogens (tertiary/aromatic N) is 2. The van der Waals surface area contributed by atoms with Gasteiger partial charge in [0.15, 0.2) is 0 Å². The number of nitrogens with one attached hydrogen (secondary N) is 2. The molecule has 2 N–H and O–H groups in total. The van der Waals surface area contributed by atoms with Crippen LogP contribution in [-0.4, -0.2) is 29.4 Å². The number of hydrogen-bond donors (Lipinski definition) is 2. The molecule has 0 atom stereocenters. The maximum atomic E-state index is 12.0. The summed E-state index contributed by atoms with van der Waals surface area (Å²) in [7, 11) is 0. The van der Waals surface area contributed by atoms with Gasteiger partial charge in [-0.15, -0.1) is 10.2 Å². The Kier molecular flexibility index (Phi) is 6.45. The number of ether oxygens (including phenoxy) is 1. The van der Waals surface area contributed by atoms with Crippen molar-refractivity contribution >= 4 is 23.3 Å². The molecule has 0 bridgehead atoms. The molecule has 3 aromatic rings. The van der Waals surface area contributed by atoms with E-state index in [-0.39, 0.29) is 12.6 Å². The first-order valence-corrected chi connectivity index (χ1v) is 9.24. The zero-order valence-corrected chi connectivity index (χ0v) is 16.5. The van der Waals surface area contributed by atoms with Crippen molar-refractivity contribution in [3.8, 4) is 17.1 Å². The molecule has 0 aliphatic heterocycles. The molecule has 1 heterocycles. The number of carbonyl (C=O) groups excluding carboxylic acids is 1. The molecule has 0 radical (unpaired) electrons. The first-order chi connectivity index (χ1) is 13.5. The highest BCUT2D eigenvalue weighted by Crippen LogP contribution is 2.22. The number of halogens is 1. The first-order valence-electron chi connectivity index (χ1n) is 8.86. The largest absolute Gasteiger partial charge is 0.475 e. The predicted molar refractivity (Wildman–Crippen MR) is 111 cm³/mol. The number of amides is 2. The molecule has 3 rings (SSSR count). The van der Waals surface area contributed by atoms with E-state index in [4.69, 9.17) is 16.3 Å². The summed E-state index contributed by atoms with van der Waals surface area (Å²) in [5, 5.41) is 14.3. The lowest BCUT2D eigenvalue weighted by Crippen LogP contribution is -2.32. The standard InChI is InChI=1S/C21H21ClN4O2/c1-14-6-8-16(9-7-14)19-10-11-20(26-25-19)28-13-12-23-21(27)24-18-5-3-4-17(22)15(18)2/h3-11H,12-13H2,1-2H3,(H2,23,24,27). The van der Waals surface area contributed by atoms with E-state index in [1.165, 1.54) is 5.56 Å². The Bertz CT molecular complexity index is 944. The van der Waals surface area contributed by atoms with Gasteiger partial charge >= 0.3 is 6.03 Å². The van der Waals surface area contributed by atoms with E-state index in [0.29, 0.717) is 23.1 Å². The summed E-state index contributed by atoms with van der Waals surface area (Å²) in [6, 6.07) is 16.7. The van der Waals surface area contributed by atoms with Gasteiger partial charge in [-0.25, -0.2) is 4.79 Å². The molecule has 0 aliphatic carbocycles. The zero-order chi connectivity index (χ0) is 19.9. The van der Waals surface area contributed by atoms with Crippen molar-refractivity contribution in [2.24, 2.45) is 0 Å². The van der Waals surface area contributed by atoms with E-state index in [2.05, 4.69) is 20.8 Å². The van der Waals surface area contributed by atoms with Crippen LogP contribution in [0.1, 0.15) is 11.1 Å². The van der Waals surface area contributed by atoms with E-state index >= 15 is 0 Å². The topological polar surface area (TPSA) is 76.1 Å². The third-order valence-electron chi connectivity index (χ3n) is 4.14. The Morgan fingerprint density at radius 3 is 2.54 bits per heavy atom. The SMILES string of the molecule is Cc1ccc(-c2ccc(OCCNC(=O)Nc3cccc(Cl)c3C)nn2)cc1. The lowest BCUT2D eigenvalue weighted by Gasteiger charge is -2.11. The van der Waals surface area contributed by atoms with Crippen LogP contribution in [0.3, 0.4) is 0 Å². The molecular formula is C21H21ClN4O2. The van der Waals surface area contributed by atoms with Crippen LogP contribution >= 0.6 is 11.6 Å². The number of aryl methyl sites for hydroxylation is 1. The van der Waals surface area contributed by atoms with Crippen molar-refractivity contribution in [1.29, 1.82) is 0 Å². The fourth-order valence-electron chi connectivity index (χ4n) is 2.50. The van der Waals surface area contributed by atoms with Gasteiger partial charge in [0.1, 0.15) is 6.61 Å². The van der Waals surface area contributed by atoms with Crippen LogP contribution < -0.4 is 15.4 Å². The maximum Gasteiger partial charge on any atom is 0.319 e. The second-order valence-corrected chi connectivity index (χ2v) is 6.67. The van der Waals surface area contributed by atoms with Crippen molar-refractivity contribution in [1.82, 2.24) is 15.5 Å². The summed E-state index contributed by atoms with van der Waals surface area (Å²) in [4.78, 5) is 12.0. The number of anilines is 1. The summed E-state index contributed by atoms with van der Waals surface area (Å²) >= 11 is 6.04. The Morgan fingerprint density at radius 2 is 1.82 bits per heavy atom. The lowest BCUT2D eigenvalue weighted by molar-refractivity contribution is 0.246. The van der Waals surface area contributed by atoms with Crippen LogP contribution in [0.15, 0.2) is 54.6 Å². The van der Waals surface area contributed by atoms with Crippen molar-refractivity contribution in [3.05, 3.63) is 70.7 Å². The summed E-state index contributed by atoms with van der Waals surface area (Å²) in [5.41, 5.74) is 4.46. The molecule has 0 aliphatic rings. The van der Waals surface area contributed by atoms with Crippen molar-refractivity contribution < 1.29 is 9.53 Å². The number of urea groups is 1. The average Bonchev–Trinajstić information content (AvgIpc) is 2.70. The maximum absolute atomic E-state index is 12.0. The number of hydrogen-bond acceptors (Lipinski definition) is 4. The monoisotopic (exact) mass is 396 g/mol. The molecular weight excluding hydrogens is 376 g/mol. The van der Waals surface area contributed by atoms with Gasteiger partial charge in [-0.1, -0.05) is 47.5 Å². The van der Waals surface area contributed by atoms with Gasteiger partial charge in [0, 0.05) is 22.3 Å². The highest BCUT2D eigenvalue weighted by atomic mass is 35.5. The highest BCUT2D eigenvalue weighted by molar-refractivity contribution is 6.31. The van der Waals surface area contributed by atoms with Gasteiger partial charge in [-0.2, -0.15) is 0 Å². The van der Waals surface area contributed by atoms with Crippen molar-refractivity contribution in [2.75, 3.05) is 18.5 Å². The average molecular weight is 397 g/mol. The van der Waals surface area contributed by atoms with E-state index < -0.39 is 0 Å². The Hall–Kier alpha value is -3.12. The van der Waals surface area contributed by atoms with Crippen LogP contribution in [0.25, 0.3) is 11.3 Å². The minimum absolute atomic E-state index is 0.278. The third kappa shape index (κ3) is 5.20. The quantitative estimate of drug-likeness (QED) is 0.596. The zero-order valence-electron chi connectivity index (χ0n) is 15.7. The minimum atomic E-state index is -0.324. The number of benzene rings is 2. The summed E-state index contributed by atoms with van der Waals surface area (Å²) < 4.78 is 5.52. The van der Waals surface area contributed by atoms with Gasteiger partial charge < -0.3 is 15.4 Å². The summed E-state index contributed by atoms with van der Waals surface area (Å²) in [5.74, 6) is 0.406. The molecule has 6 nitrogen and oxygen atoms in total. The van der Waals surface area contributed by atoms with Gasteiger partial charge in [0.25, 0.3) is 0 Å². The fourth-order valence-corrected chi connectivity index (χ4v) is 2.68. The van der Waals surface area contributed by atoms with Crippen LogP contribution in [0, 0.1) is 13.8 Å². The molecule has 1 aromatic heterocycles. The first kappa shape index (κ1) is 19.6. The molecule has 0 unspecified atom stereocenters. The molecule has 2 aromatic carbocycles. The summed E-state index contributed by atoms with van der Waals surface area (Å²) in [6.45, 7) is 4.49. The number of carbonyl (C=O) groups is 1. The second-order valence-electron chi connectivity index (χ2n) is 6.26. The van der Waals surface area contributed by atoms with Crippen LogP contribution in [0.5, 0.6) is 5.88 Å². The number of rotatable bonds is 6. The van der Waals surface area contributed by atoms with Gasteiger partial charge in [0.2, 0.25) is 5.88 Å². The van der Waals surface area contributed by atoms with E-state index in [0.717, 1.165) is 16.8 Å². The van der Waals surface area contributed by atoms with Crippen molar-refractivity contribution in [3.63, 3.8) is 0 Å². The molecule has 0 saturated heterocycles. The molecule has 7 heteroatoms. The molecule has 0 spiro atoms. The number of aromatic nitrogens is 2. The Morgan fingerprint density at radius 1 is 1.04 bits per heavy atom. The van der Waals surface area contributed by atoms with E-state index in [1.807, 2.05) is 44.2 Å². The molecule has 28 heavy (non-hydrogen) atoms. The van der Waals surface area contributed by atoms with Gasteiger partial charge in [-0.05, 0) is 37.6 Å². The van der Waals surface area contributed by atoms with Gasteiger partial charge in [0.05, 0.1) is 12.2 Å². The molecule has 2 amide bonds. The van der Waals surface area contributed by atoms with E-state index in [9.17, 15) is 4.79 Å². The van der Waals surface area contributed by atoms with Crippen molar-refractivity contribution in [2.45, 2.75) is 13.8 Å². The second kappa shape index (κ2) is 9.19. The van der Waals surface area contributed by atoms with Crippen LogP contribution in [-0.2, 0) is 0 Å². The minimum Gasteiger partial charge on any atom is -0.475 e. The Balaban J connectivity index is 1.44. The molecule has 144 valence electrons. The van der Waals surface area contributed by atoms with Crippen LogP contribution in [0.4, 0.5) is 10.5 Å².